The van der Waals surface area contributed by atoms with Gasteiger partial charge in [-0.2, -0.15) is 0 Å². The number of carbonyl (C=O) groups is 1. The third-order valence-corrected chi connectivity index (χ3v) is 3.16. The van der Waals surface area contributed by atoms with Crippen molar-refractivity contribution in [3.8, 4) is 0 Å². The Bertz CT molecular complexity index is 395. The van der Waals surface area contributed by atoms with Crippen molar-refractivity contribution < 1.29 is 4.79 Å². The SMILES string of the molecule is CCCNC(=O)C(C)NC(C)c1ccccc1Cl. The maximum Gasteiger partial charge on any atom is 0.236 e. The van der Waals surface area contributed by atoms with Crippen molar-refractivity contribution in [3.63, 3.8) is 0 Å². The molecule has 100 valence electrons. The van der Waals surface area contributed by atoms with Crippen LogP contribution in [-0.2, 0) is 4.79 Å². The summed E-state index contributed by atoms with van der Waals surface area (Å²) in [5.74, 6) is 0.0238. The van der Waals surface area contributed by atoms with E-state index in [1.165, 1.54) is 0 Å². The van der Waals surface area contributed by atoms with Crippen LogP contribution in [0.1, 0.15) is 38.8 Å². The zero-order chi connectivity index (χ0) is 13.5. The molecule has 1 rings (SSSR count). The van der Waals surface area contributed by atoms with Gasteiger partial charge in [-0.25, -0.2) is 0 Å². The predicted octanol–water partition coefficient (Wildman–Crippen LogP) is 2.91. The Kier molecular flexibility index (Phi) is 6.16. The van der Waals surface area contributed by atoms with E-state index in [9.17, 15) is 4.79 Å². The predicted molar refractivity (Wildman–Crippen MR) is 75.8 cm³/mol. The molecule has 18 heavy (non-hydrogen) atoms. The normalized spacial score (nSPS) is 14.0. The monoisotopic (exact) mass is 268 g/mol. The van der Waals surface area contributed by atoms with Gasteiger partial charge in [0.1, 0.15) is 0 Å². The first-order valence-corrected chi connectivity index (χ1v) is 6.72. The van der Waals surface area contributed by atoms with Gasteiger partial charge in [0.25, 0.3) is 0 Å². The summed E-state index contributed by atoms with van der Waals surface area (Å²) < 4.78 is 0. The number of halogens is 1. The van der Waals surface area contributed by atoms with Crippen molar-refractivity contribution in [2.75, 3.05) is 6.54 Å². The number of amides is 1. The minimum absolute atomic E-state index is 0.0238. The van der Waals surface area contributed by atoms with Gasteiger partial charge in [0.2, 0.25) is 5.91 Å². The average Bonchev–Trinajstić information content (AvgIpc) is 2.36. The van der Waals surface area contributed by atoms with Crippen molar-refractivity contribution in [2.24, 2.45) is 0 Å². The number of hydrogen-bond acceptors (Lipinski definition) is 2. The number of carbonyl (C=O) groups excluding carboxylic acids is 1. The van der Waals surface area contributed by atoms with E-state index in [0.29, 0.717) is 6.54 Å². The maximum absolute atomic E-state index is 11.7. The fourth-order valence-electron chi connectivity index (χ4n) is 1.77. The summed E-state index contributed by atoms with van der Waals surface area (Å²) in [5, 5.41) is 6.84. The number of rotatable bonds is 6. The van der Waals surface area contributed by atoms with E-state index in [0.717, 1.165) is 17.0 Å². The molecule has 2 unspecified atom stereocenters. The van der Waals surface area contributed by atoms with Gasteiger partial charge in [0.05, 0.1) is 6.04 Å². The molecule has 0 radical (unpaired) electrons. The van der Waals surface area contributed by atoms with E-state index in [1.807, 2.05) is 45.0 Å². The highest BCUT2D eigenvalue weighted by Crippen LogP contribution is 2.22. The Morgan fingerprint density at radius 3 is 2.61 bits per heavy atom. The smallest absolute Gasteiger partial charge is 0.236 e. The molecule has 1 aromatic carbocycles. The highest BCUT2D eigenvalue weighted by Gasteiger charge is 2.16. The lowest BCUT2D eigenvalue weighted by Crippen LogP contribution is -2.43. The van der Waals surface area contributed by atoms with Gasteiger partial charge in [-0.3, -0.25) is 10.1 Å². The molecule has 0 aliphatic carbocycles. The molecule has 0 heterocycles. The summed E-state index contributed by atoms with van der Waals surface area (Å²) in [7, 11) is 0. The molecule has 0 saturated heterocycles. The molecule has 0 aromatic heterocycles. The topological polar surface area (TPSA) is 41.1 Å². The van der Waals surface area contributed by atoms with Crippen LogP contribution in [-0.4, -0.2) is 18.5 Å². The maximum atomic E-state index is 11.7. The fraction of sp³-hybridized carbons (Fsp3) is 0.500. The number of hydrogen-bond donors (Lipinski definition) is 2. The molecule has 1 amide bonds. The van der Waals surface area contributed by atoms with Gasteiger partial charge in [0.15, 0.2) is 0 Å². The summed E-state index contributed by atoms with van der Waals surface area (Å²) in [6.45, 7) is 6.61. The molecule has 0 aliphatic rings. The molecule has 0 fully saturated rings. The third kappa shape index (κ3) is 4.31. The minimum atomic E-state index is -0.233. The van der Waals surface area contributed by atoms with Crippen LogP contribution < -0.4 is 10.6 Å². The average molecular weight is 269 g/mol. The van der Waals surface area contributed by atoms with Crippen molar-refractivity contribution in [1.82, 2.24) is 10.6 Å². The largest absolute Gasteiger partial charge is 0.355 e. The van der Waals surface area contributed by atoms with Crippen LogP contribution in [0.3, 0.4) is 0 Å². The summed E-state index contributed by atoms with van der Waals surface area (Å²) >= 11 is 6.13. The van der Waals surface area contributed by atoms with Gasteiger partial charge in [-0.1, -0.05) is 36.7 Å². The van der Waals surface area contributed by atoms with Gasteiger partial charge in [-0.15, -0.1) is 0 Å². The second-order valence-electron chi connectivity index (χ2n) is 4.42. The Balaban J connectivity index is 2.57. The van der Waals surface area contributed by atoms with Crippen LogP contribution in [0.15, 0.2) is 24.3 Å². The minimum Gasteiger partial charge on any atom is -0.355 e. The van der Waals surface area contributed by atoms with E-state index in [2.05, 4.69) is 10.6 Å². The Labute approximate surface area is 114 Å². The van der Waals surface area contributed by atoms with Crippen LogP contribution in [0.4, 0.5) is 0 Å². The summed E-state index contributed by atoms with van der Waals surface area (Å²) in [6.07, 6.45) is 0.943. The second kappa shape index (κ2) is 7.39. The third-order valence-electron chi connectivity index (χ3n) is 2.81. The van der Waals surface area contributed by atoms with E-state index in [4.69, 9.17) is 11.6 Å². The Morgan fingerprint density at radius 2 is 2.00 bits per heavy atom. The molecule has 0 saturated carbocycles. The lowest BCUT2D eigenvalue weighted by molar-refractivity contribution is -0.122. The fourth-order valence-corrected chi connectivity index (χ4v) is 2.07. The Hall–Kier alpha value is -1.06. The van der Waals surface area contributed by atoms with Crippen LogP contribution >= 0.6 is 11.6 Å². The summed E-state index contributed by atoms with van der Waals surface area (Å²) in [5.41, 5.74) is 1.01. The molecular formula is C14H21ClN2O. The highest BCUT2D eigenvalue weighted by molar-refractivity contribution is 6.31. The van der Waals surface area contributed by atoms with Gasteiger partial charge < -0.3 is 5.32 Å². The van der Waals surface area contributed by atoms with Crippen LogP contribution in [0.25, 0.3) is 0 Å². The second-order valence-corrected chi connectivity index (χ2v) is 4.83. The summed E-state index contributed by atoms with van der Waals surface area (Å²) in [4.78, 5) is 11.7. The van der Waals surface area contributed by atoms with Gasteiger partial charge >= 0.3 is 0 Å². The molecule has 2 N–H and O–H groups in total. The highest BCUT2D eigenvalue weighted by atomic mass is 35.5. The number of benzene rings is 1. The zero-order valence-corrected chi connectivity index (χ0v) is 11.9. The molecule has 0 spiro atoms. The van der Waals surface area contributed by atoms with E-state index in [-0.39, 0.29) is 18.0 Å². The van der Waals surface area contributed by atoms with E-state index < -0.39 is 0 Å². The van der Waals surface area contributed by atoms with Crippen LogP contribution in [0, 0.1) is 0 Å². The molecule has 1 aromatic rings. The van der Waals surface area contributed by atoms with Crippen LogP contribution in [0.2, 0.25) is 5.02 Å². The van der Waals surface area contributed by atoms with E-state index >= 15 is 0 Å². The van der Waals surface area contributed by atoms with Crippen LogP contribution in [0.5, 0.6) is 0 Å². The first-order valence-electron chi connectivity index (χ1n) is 6.34. The van der Waals surface area contributed by atoms with Crippen molar-refractivity contribution in [2.45, 2.75) is 39.3 Å². The van der Waals surface area contributed by atoms with Gasteiger partial charge in [0, 0.05) is 17.6 Å². The first kappa shape index (κ1) is 15.0. The molecule has 4 heteroatoms. The lowest BCUT2D eigenvalue weighted by atomic mass is 10.1. The van der Waals surface area contributed by atoms with E-state index in [1.54, 1.807) is 0 Å². The summed E-state index contributed by atoms with van der Waals surface area (Å²) in [6, 6.07) is 7.48. The first-order chi connectivity index (χ1) is 8.56. The molecule has 3 nitrogen and oxygen atoms in total. The molecule has 0 aliphatic heterocycles. The quantitative estimate of drug-likeness (QED) is 0.833. The number of nitrogens with one attached hydrogen (secondary N) is 2. The molecular weight excluding hydrogens is 248 g/mol. The molecule has 0 bridgehead atoms. The van der Waals surface area contributed by atoms with Crippen molar-refractivity contribution in [3.05, 3.63) is 34.9 Å². The van der Waals surface area contributed by atoms with Crippen molar-refractivity contribution in [1.29, 1.82) is 0 Å². The Morgan fingerprint density at radius 1 is 1.33 bits per heavy atom. The van der Waals surface area contributed by atoms with Gasteiger partial charge in [-0.05, 0) is 31.9 Å². The lowest BCUT2D eigenvalue weighted by Gasteiger charge is -2.20. The molecule has 2 atom stereocenters. The zero-order valence-electron chi connectivity index (χ0n) is 11.2. The van der Waals surface area contributed by atoms with Crippen molar-refractivity contribution >= 4 is 17.5 Å². The standard InChI is InChI=1S/C14H21ClN2O/c1-4-9-16-14(18)11(3)17-10(2)12-7-5-6-8-13(12)15/h5-8,10-11,17H,4,9H2,1-3H3,(H,16,18).